The first-order valence-corrected chi connectivity index (χ1v) is 10.7. The Morgan fingerprint density at radius 2 is 2.07 bits per heavy atom. The molecule has 0 N–H and O–H groups in total. The van der Waals surface area contributed by atoms with Gasteiger partial charge < -0.3 is 9.64 Å². The molecule has 156 valence electrons. The lowest BCUT2D eigenvalue weighted by atomic mass is 9.94. The fourth-order valence-electron chi connectivity index (χ4n) is 4.23. The molecule has 0 aromatic carbocycles. The molecule has 2 aromatic rings. The molecule has 2 aliphatic heterocycles. The lowest BCUT2D eigenvalue weighted by Crippen LogP contribution is -2.47. The normalized spacial score (nSPS) is 20.9. The number of hydrogen-bond donors (Lipinski definition) is 0. The van der Waals surface area contributed by atoms with E-state index < -0.39 is 0 Å². The summed E-state index contributed by atoms with van der Waals surface area (Å²) < 4.78 is 7.45. The van der Waals surface area contributed by atoms with E-state index in [0.717, 1.165) is 69.6 Å². The molecule has 4 rings (SSSR count). The maximum absolute atomic E-state index is 12.8. The summed E-state index contributed by atoms with van der Waals surface area (Å²) in [5.74, 6) is 2.76. The van der Waals surface area contributed by atoms with Crippen LogP contribution in [0.4, 0.5) is 0 Å². The van der Waals surface area contributed by atoms with Crippen LogP contribution in [0.5, 0.6) is 0 Å². The number of aromatic nitrogens is 3. The summed E-state index contributed by atoms with van der Waals surface area (Å²) >= 11 is 0. The largest absolute Gasteiger partial charge is 0.379 e. The van der Waals surface area contributed by atoms with Gasteiger partial charge in [0.1, 0.15) is 11.6 Å². The van der Waals surface area contributed by atoms with Crippen LogP contribution < -0.4 is 0 Å². The average Bonchev–Trinajstić information content (AvgIpc) is 3.25. The zero-order valence-corrected chi connectivity index (χ0v) is 17.5. The van der Waals surface area contributed by atoms with Crippen molar-refractivity contribution < 1.29 is 9.53 Å². The van der Waals surface area contributed by atoms with Crippen LogP contribution in [0, 0.1) is 0 Å². The number of likely N-dealkylation sites (tertiary alicyclic amines) is 1. The van der Waals surface area contributed by atoms with Crippen molar-refractivity contribution in [3.8, 4) is 5.82 Å². The Balaban J connectivity index is 1.45. The van der Waals surface area contributed by atoms with Gasteiger partial charge in [-0.3, -0.25) is 14.3 Å². The molecule has 29 heavy (non-hydrogen) atoms. The first kappa shape index (κ1) is 20.0. The summed E-state index contributed by atoms with van der Waals surface area (Å²) in [6.07, 6.45) is 5.89. The van der Waals surface area contributed by atoms with Crippen molar-refractivity contribution in [3.05, 3.63) is 42.1 Å². The van der Waals surface area contributed by atoms with Crippen LogP contribution >= 0.6 is 0 Å². The minimum atomic E-state index is 0.226. The van der Waals surface area contributed by atoms with E-state index in [1.807, 2.05) is 23.4 Å². The average molecular weight is 398 g/mol. The number of nitrogens with zero attached hydrogens (tertiary/aromatic N) is 5. The quantitative estimate of drug-likeness (QED) is 0.775. The number of carbonyl (C=O) groups excluding carboxylic acids is 1. The van der Waals surface area contributed by atoms with E-state index in [2.05, 4.69) is 40.4 Å². The first-order valence-electron chi connectivity index (χ1n) is 10.7. The van der Waals surface area contributed by atoms with E-state index in [9.17, 15) is 4.79 Å². The van der Waals surface area contributed by atoms with Crippen molar-refractivity contribution in [2.24, 2.45) is 0 Å². The number of rotatable bonds is 5. The maximum atomic E-state index is 12.8. The van der Waals surface area contributed by atoms with Crippen molar-refractivity contribution in [3.63, 3.8) is 0 Å². The Morgan fingerprint density at radius 1 is 1.24 bits per heavy atom. The number of hydrogen-bond acceptors (Lipinski definition) is 5. The molecule has 0 spiro atoms. The number of morpholine rings is 1. The number of carbonyl (C=O) groups is 1. The fraction of sp³-hybridized carbons (Fsp3) is 0.591. The van der Waals surface area contributed by atoms with Gasteiger partial charge in [0, 0.05) is 56.1 Å². The van der Waals surface area contributed by atoms with Crippen LogP contribution in [-0.2, 0) is 9.53 Å². The van der Waals surface area contributed by atoms with Gasteiger partial charge in [-0.15, -0.1) is 0 Å². The van der Waals surface area contributed by atoms with Crippen molar-refractivity contribution in [1.82, 2.24) is 24.3 Å². The van der Waals surface area contributed by atoms with Crippen molar-refractivity contribution >= 4 is 5.91 Å². The molecule has 0 saturated carbocycles. The molecule has 4 heterocycles. The van der Waals surface area contributed by atoms with E-state index in [1.54, 1.807) is 0 Å². The molecular formula is C22H31N5O2. The summed E-state index contributed by atoms with van der Waals surface area (Å²) in [6.45, 7) is 9.50. The second kappa shape index (κ2) is 9.05. The third-order valence-electron chi connectivity index (χ3n) is 5.84. The van der Waals surface area contributed by atoms with Crippen LogP contribution in [0.3, 0.4) is 0 Å². The molecule has 7 heteroatoms. The number of pyridine rings is 1. The topological polar surface area (TPSA) is 63.5 Å². The Labute approximate surface area is 172 Å². The highest BCUT2D eigenvalue weighted by molar-refractivity contribution is 5.78. The third-order valence-corrected chi connectivity index (χ3v) is 5.84. The lowest BCUT2D eigenvalue weighted by Gasteiger charge is -2.35. The molecule has 2 saturated heterocycles. The summed E-state index contributed by atoms with van der Waals surface area (Å²) in [4.78, 5) is 26.5. The van der Waals surface area contributed by atoms with Gasteiger partial charge in [-0.25, -0.2) is 9.97 Å². The summed E-state index contributed by atoms with van der Waals surface area (Å²) in [7, 11) is 0. The van der Waals surface area contributed by atoms with Crippen LogP contribution in [0.25, 0.3) is 5.82 Å². The van der Waals surface area contributed by atoms with Gasteiger partial charge in [0.15, 0.2) is 0 Å². The van der Waals surface area contributed by atoms with Gasteiger partial charge in [0.2, 0.25) is 5.91 Å². The standard InChI is InChI=1S/C22H31N5O2/c1-17(2)22-23-8-10-27(22)20-7-3-6-19(24-20)18-5-4-9-26(15-18)21(28)16-25-11-13-29-14-12-25/h3,6-8,10,17-18H,4-5,9,11-16H2,1-2H3. The summed E-state index contributed by atoms with van der Waals surface area (Å²) in [5, 5.41) is 0. The Morgan fingerprint density at radius 3 is 2.86 bits per heavy atom. The van der Waals surface area contributed by atoms with Crippen molar-refractivity contribution in [1.29, 1.82) is 0 Å². The van der Waals surface area contributed by atoms with Gasteiger partial charge in [-0.1, -0.05) is 19.9 Å². The van der Waals surface area contributed by atoms with E-state index in [0.29, 0.717) is 12.5 Å². The predicted molar refractivity (Wildman–Crippen MR) is 111 cm³/mol. The van der Waals surface area contributed by atoms with Gasteiger partial charge in [0.05, 0.1) is 19.8 Å². The second-order valence-electron chi connectivity index (χ2n) is 8.30. The zero-order chi connectivity index (χ0) is 20.2. The minimum absolute atomic E-state index is 0.226. The van der Waals surface area contributed by atoms with Crippen LogP contribution in [0.15, 0.2) is 30.6 Å². The molecule has 0 aliphatic carbocycles. The highest BCUT2D eigenvalue weighted by atomic mass is 16.5. The Hall–Kier alpha value is -2.25. The Bertz CT molecular complexity index is 828. The van der Waals surface area contributed by atoms with Gasteiger partial charge in [-0.2, -0.15) is 0 Å². The van der Waals surface area contributed by atoms with Gasteiger partial charge in [-0.05, 0) is 25.0 Å². The highest BCUT2D eigenvalue weighted by Gasteiger charge is 2.27. The second-order valence-corrected chi connectivity index (χ2v) is 8.30. The van der Waals surface area contributed by atoms with Gasteiger partial charge in [0.25, 0.3) is 0 Å². The van der Waals surface area contributed by atoms with Crippen LogP contribution in [0.1, 0.15) is 50.0 Å². The molecule has 0 radical (unpaired) electrons. The number of ether oxygens (including phenoxy) is 1. The van der Waals surface area contributed by atoms with E-state index >= 15 is 0 Å². The SMILES string of the molecule is CC(C)c1nccn1-c1cccc(C2CCCN(C(=O)CN3CCOCC3)C2)n1. The minimum Gasteiger partial charge on any atom is -0.379 e. The first-order chi connectivity index (χ1) is 14.1. The van der Waals surface area contributed by atoms with Crippen molar-refractivity contribution in [2.45, 2.75) is 38.5 Å². The van der Waals surface area contributed by atoms with E-state index in [1.165, 1.54) is 0 Å². The smallest absolute Gasteiger partial charge is 0.236 e. The molecule has 1 unspecified atom stereocenters. The zero-order valence-electron chi connectivity index (χ0n) is 17.5. The van der Waals surface area contributed by atoms with Crippen LogP contribution in [-0.4, -0.2) is 76.2 Å². The molecular weight excluding hydrogens is 366 g/mol. The molecule has 2 aliphatic rings. The van der Waals surface area contributed by atoms with E-state index in [4.69, 9.17) is 9.72 Å². The monoisotopic (exact) mass is 397 g/mol. The number of piperidine rings is 1. The molecule has 2 aromatic heterocycles. The molecule has 1 atom stereocenters. The fourth-order valence-corrected chi connectivity index (χ4v) is 4.23. The highest BCUT2D eigenvalue weighted by Crippen LogP contribution is 2.27. The predicted octanol–water partition coefficient (Wildman–Crippen LogP) is 2.43. The van der Waals surface area contributed by atoms with Gasteiger partial charge >= 0.3 is 0 Å². The van der Waals surface area contributed by atoms with Crippen molar-refractivity contribution in [2.75, 3.05) is 45.9 Å². The number of amides is 1. The lowest BCUT2D eigenvalue weighted by molar-refractivity contribution is -0.134. The Kier molecular flexibility index (Phi) is 6.25. The molecule has 0 bridgehead atoms. The van der Waals surface area contributed by atoms with E-state index in [-0.39, 0.29) is 11.8 Å². The third kappa shape index (κ3) is 4.67. The molecule has 1 amide bonds. The van der Waals surface area contributed by atoms with Crippen LogP contribution in [0.2, 0.25) is 0 Å². The number of imidazole rings is 1. The maximum Gasteiger partial charge on any atom is 0.236 e. The molecule has 2 fully saturated rings. The summed E-state index contributed by atoms with van der Waals surface area (Å²) in [6, 6.07) is 6.19. The molecule has 7 nitrogen and oxygen atoms in total. The summed E-state index contributed by atoms with van der Waals surface area (Å²) in [5.41, 5.74) is 1.06.